The minimum Gasteiger partial charge on any atom is -0.364 e. The Labute approximate surface area is 109 Å². The van der Waals surface area contributed by atoms with Crippen molar-refractivity contribution in [2.45, 2.75) is 6.54 Å². The Balaban J connectivity index is 1.95. The van der Waals surface area contributed by atoms with Crippen LogP contribution in [0.1, 0.15) is 11.3 Å². The largest absolute Gasteiger partial charge is 0.364 e. The van der Waals surface area contributed by atoms with Gasteiger partial charge in [0.2, 0.25) is 0 Å². The second kappa shape index (κ2) is 4.78. The van der Waals surface area contributed by atoms with E-state index in [0.29, 0.717) is 17.9 Å². The summed E-state index contributed by atoms with van der Waals surface area (Å²) in [6, 6.07) is 13.4. The molecule has 0 saturated carbocycles. The monoisotopic (exact) mass is 250 g/mol. The lowest BCUT2D eigenvalue weighted by Gasteiger charge is -2.07. The van der Waals surface area contributed by atoms with E-state index in [9.17, 15) is 5.26 Å². The summed E-state index contributed by atoms with van der Waals surface area (Å²) in [7, 11) is 0. The van der Waals surface area contributed by atoms with E-state index in [0.717, 1.165) is 16.6 Å². The Morgan fingerprint density at radius 1 is 1.26 bits per heavy atom. The van der Waals surface area contributed by atoms with Gasteiger partial charge in [0.15, 0.2) is 0 Å². The molecule has 0 saturated heterocycles. The van der Waals surface area contributed by atoms with Gasteiger partial charge in [0.25, 0.3) is 0 Å². The fourth-order valence-corrected chi connectivity index (χ4v) is 1.84. The summed E-state index contributed by atoms with van der Waals surface area (Å²) in [5.41, 5.74) is 2.13. The van der Waals surface area contributed by atoms with Gasteiger partial charge in [-0.25, -0.2) is 4.98 Å². The number of nitrogens with one attached hydrogen (secondary N) is 1. The molecule has 0 bridgehead atoms. The molecule has 3 aromatic rings. The molecule has 5 nitrogen and oxygen atoms in total. The van der Waals surface area contributed by atoms with Crippen molar-refractivity contribution in [2.75, 3.05) is 5.32 Å². The number of para-hydroxylation sites is 1. The van der Waals surface area contributed by atoms with Crippen LogP contribution in [-0.2, 0) is 6.54 Å². The van der Waals surface area contributed by atoms with Gasteiger partial charge in [-0.1, -0.05) is 23.4 Å². The van der Waals surface area contributed by atoms with Crippen molar-refractivity contribution in [3.63, 3.8) is 0 Å². The van der Waals surface area contributed by atoms with E-state index in [2.05, 4.69) is 21.5 Å². The van der Waals surface area contributed by atoms with Crippen LogP contribution < -0.4 is 5.32 Å². The van der Waals surface area contributed by atoms with E-state index in [1.807, 2.05) is 30.3 Å². The van der Waals surface area contributed by atoms with Gasteiger partial charge in [0.05, 0.1) is 17.6 Å². The van der Waals surface area contributed by atoms with E-state index < -0.39 is 0 Å². The zero-order valence-corrected chi connectivity index (χ0v) is 10.00. The Hall–Kier alpha value is -2.87. The molecule has 0 amide bonds. The molecular weight excluding hydrogens is 240 g/mol. The highest BCUT2D eigenvalue weighted by atomic mass is 16.5. The van der Waals surface area contributed by atoms with Gasteiger partial charge in [-0.15, -0.1) is 0 Å². The summed E-state index contributed by atoms with van der Waals surface area (Å²) in [6.07, 6.45) is 1.51. The molecule has 92 valence electrons. The summed E-state index contributed by atoms with van der Waals surface area (Å²) >= 11 is 0. The molecule has 1 N–H and O–H groups in total. The van der Waals surface area contributed by atoms with Crippen LogP contribution in [0.3, 0.4) is 0 Å². The van der Waals surface area contributed by atoms with Crippen LogP contribution in [0.15, 0.2) is 47.2 Å². The van der Waals surface area contributed by atoms with Crippen molar-refractivity contribution in [2.24, 2.45) is 0 Å². The third kappa shape index (κ3) is 2.24. The molecule has 0 atom stereocenters. The van der Waals surface area contributed by atoms with Gasteiger partial charge >= 0.3 is 0 Å². The van der Waals surface area contributed by atoms with Crippen LogP contribution in [0.5, 0.6) is 0 Å². The summed E-state index contributed by atoms with van der Waals surface area (Å²) < 4.78 is 4.75. The maximum atomic E-state index is 9.17. The van der Waals surface area contributed by atoms with Crippen molar-refractivity contribution in [1.29, 1.82) is 5.26 Å². The van der Waals surface area contributed by atoms with E-state index in [4.69, 9.17) is 4.52 Å². The molecule has 0 aliphatic rings. The normalized spacial score (nSPS) is 10.3. The number of hydrogen-bond acceptors (Lipinski definition) is 5. The summed E-state index contributed by atoms with van der Waals surface area (Å²) in [5, 5.41) is 17.0. The van der Waals surface area contributed by atoms with Crippen LogP contribution in [0.25, 0.3) is 10.9 Å². The third-order valence-corrected chi connectivity index (χ3v) is 2.77. The first-order chi connectivity index (χ1) is 9.36. The van der Waals surface area contributed by atoms with Gasteiger partial charge < -0.3 is 9.84 Å². The molecule has 0 radical (unpaired) electrons. The quantitative estimate of drug-likeness (QED) is 0.773. The molecule has 3 rings (SSSR count). The maximum Gasteiger partial charge on any atom is 0.144 e. The highest BCUT2D eigenvalue weighted by Gasteiger charge is 2.06. The molecule has 0 spiro atoms. The van der Waals surface area contributed by atoms with Crippen LogP contribution >= 0.6 is 0 Å². The van der Waals surface area contributed by atoms with Gasteiger partial charge in [-0.2, -0.15) is 5.26 Å². The number of benzene rings is 1. The standard InChI is InChI=1S/C14H10N4O/c15-8-11-7-10-3-1-2-4-13(10)17-14(11)16-9-12-5-6-19-18-12/h1-7H,9H2,(H,16,17). The average Bonchev–Trinajstić information content (AvgIpc) is 2.97. The SMILES string of the molecule is N#Cc1cc2ccccc2nc1NCc1ccon1. The molecule has 2 aromatic heterocycles. The molecule has 0 fully saturated rings. The van der Waals surface area contributed by atoms with Crippen LogP contribution in [0, 0.1) is 11.3 Å². The Morgan fingerprint density at radius 2 is 2.16 bits per heavy atom. The van der Waals surface area contributed by atoms with Crippen LogP contribution in [-0.4, -0.2) is 10.1 Å². The number of hydrogen-bond donors (Lipinski definition) is 1. The summed E-state index contributed by atoms with van der Waals surface area (Å²) in [6.45, 7) is 0.469. The number of nitrogens with zero attached hydrogens (tertiary/aromatic N) is 3. The summed E-state index contributed by atoms with van der Waals surface area (Å²) in [5.74, 6) is 0.559. The van der Waals surface area contributed by atoms with Crippen LogP contribution in [0.2, 0.25) is 0 Å². The number of anilines is 1. The first-order valence-corrected chi connectivity index (χ1v) is 5.80. The van der Waals surface area contributed by atoms with Gasteiger partial charge in [0.1, 0.15) is 23.8 Å². The van der Waals surface area contributed by atoms with Crippen molar-refractivity contribution in [3.05, 3.63) is 53.9 Å². The van der Waals surface area contributed by atoms with Crippen molar-refractivity contribution < 1.29 is 4.52 Å². The summed E-state index contributed by atoms with van der Waals surface area (Å²) in [4.78, 5) is 4.45. The minimum atomic E-state index is 0.469. The van der Waals surface area contributed by atoms with Crippen molar-refractivity contribution in [1.82, 2.24) is 10.1 Å². The van der Waals surface area contributed by atoms with Crippen LogP contribution in [0.4, 0.5) is 5.82 Å². The number of fused-ring (bicyclic) bond motifs is 1. The lowest BCUT2D eigenvalue weighted by atomic mass is 10.1. The second-order valence-electron chi connectivity index (χ2n) is 4.03. The van der Waals surface area contributed by atoms with E-state index in [1.165, 1.54) is 6.26 Å². The highest BCUT2D eigenvalue weighted by molar-refractivity contribution is 5.82. The lowest BCUT2D eigenvalue weighted by molar-refractivity contribution is 0.412. The predicted molar refractivity (Wildman–Crippen MR) is 70.3 cm³/mol. The van der Waals surface area contributed by atoms with E-state index >= 15 is 0 Å². The number of nitriles is 1. The molecule has 19 heavy (non-hydrogen) atoms. The maximum absolute atomic E-state index is 9.17. The zero-order valence-electron chi connectivity index (χ0n) is 10.00. The lowest BCUT2D eigenvalue weighted by Crippen LogP contribution is -2.04. The molecule has 0 aliphatic carbocycles. The van der Waals surface area contributed by atoms with Gasteiger partial charge in [-0.05, 0) is 12.1 Å². The number of pyridine rings is 1. The fourth-order valence-electron chi connectivity index (χ4n) is 1.84. The predicted octanol–water partition coefficient (Wildman–Crippen LogP) is 2.71. The molecule has 0 unspecified atom stereocenters. The molecular formula is C14H10N4O. The number of rotatable bonds is 3. The van der Waals surface area contributed by atoms with Crippen molar-refractivity contribution in [3.8, 4) is 6.07 Å². The first kappa shape index (κ1) is 11.2. The smallest absolute Gasteiger partial charge is 0.144 e. The van der Waals surface area contributed by atoms with E-state index in [-0.39, 0.29) is 0 Å². The Morgan fingerprint density at radius 3 is 2.95 bits per heavy atom. The minimum absolute atomic E-state index is 0.469. The Bertz CT molecular complexity index is 744. The molecule has 0 aliphatic heterocycles. The molecule has 1 aromatic carbocycles. The van der Waals surface area contributed by atoms with E-state index in [1.54, 1.807) is 6.07 Å². The van der Waals surface area contributed by atoms with Gasteiger partial charge in [-0.3, -0.25) is 0 Å². The zero-order chi connectivity index (χ0) is 13.1. The Kier molecular flexibility index (Phi) is 2.83. The number of aromatic nitrogens is 2. The first-order valence-electron chi connectivity index (χ1n) is 5.80. The van der Waals surface area contributed by atoms with Crippen molar-refractivity contribution >= 4 is 16.7 Å². The third-order valence-electron chi connectivity index (χ3n) is 2.77. The molecule has 5 heteroatoms. The second-order valence-corrected chi connectivity index (χ2v) is 4.03. The highest BCUT2D eigenvalue weighted by Crippen LogP contribution is 2.20. The molecule has 2 heterocycles. The van der Waals surface area contributed by atoms with Gasteiger partial charge in [0, 0.05) is 11.5 Å². The fraction of sp³-hybridized carbons (Fsp3) is 0.0714. The topological polar surface area (TPSA) is 74.7 Å². The average molecular weight is 250 g/mol.